The Kier molecular flexibility index (Phi) is 8.17. The average molecular weight is 312 g/mol. The molecule has 23 heavy (non-hydrogen) atoms. The maximum atomic E-state index is 5.61. The van der Waals surface area contributed by atoms with Gasteiger partial charge in [-0.1, -0.05) is 48.6 Å². The third kappa shape index (κ3) is 6.35. The molecule has 0 radical (unpaired) electrons. The Hall–Kier alpha value is -1.34. The minimum absolute atomic E-state index is 0.704. The fraction of sp³-hybridized carbons (Fsp3) is 0.545. The van der Waals surface area contributed by atoms with Crippen LogP contribution in [0.5, 0.6) is 0 Å². The summed E-state index contributed by atoms with van der Waals surface area (Å²) < 4.78 is 5.61. The first-order valence-electron chi connectivity index (χ1n) is 9.22. The van der Waals surface area contributed by atoms with Gasteiger partial charge >= 0.3 is 0 Å². The van der Waals surface area contributed by atoms with E-state index in [9.17, 15) is 0 Å². The molecule has 0 unspecified atom stereocenters. The van der Waals surface area contributed by atoms with E-state index in [0.717, 1.165) is 11.8 Å². The summed E-state index contributed by atoms with van der Waals surface area (Å²) in [6.07, 6.45) is 16.7. The molecule has 1 saturated carbocycles. The molecule has 1 aromatic carbocycles. The van der Waals surface area contributed by atoms with Crippen LogP contribution in [0.15, 0.2) is 48.6 Å². The third-order valence-corrected chi connectivity index (χ3v) is 4.99. The lowest BCUT2D eigenvalue weighted by molar-refractivity contribution is 0.148. The monoisotopic (exact) mass is 312 g/mol. The first-order valence-corrected chi connectivity index (χ1v) is 9.22. The SMILES string of the molecule is C/C=C/CC[C@H]1CC[C@H](c2ccc(COC/C=C/C)cc2)CC1. The summed E-state index contributed by atoms with van der Waals surface area (Å²) in [4.78, 5) is 0. The van der Waals surface area contributed by atoms with E-state index < -0.39 is 0 Å². The summed E-state index contributed by atoms with van der Waals surface area (Å²) in [5.74, 6) is 1.72. The number of hydrogen-bond acceptors (Lipinski definition) is 1. The molecule has 0 spiro atoms. The number of rotatable bonds is 8. The largest absolute Gasteiger partial charge is 0.373 e. The van der Waals surface area contributed by atoms with Gasteiger partial charge in [-0.3, -0.25) is 0 Å². The van der Waals surface area contributed by atoms with Crippen LogP contribution in [0, 0.1) is 5.92 Å². The van der Waals surface area contributed by atoms with Gasteiger partial charge in [0.2, 0.25) is 0 Å². The van der Waals surface area contributed by atoms with Crippen molar-refractivity contribution in [1.82, 2.24) is 0 Å². The quantitative estimate of drug-likeness (QED) is 0.398. The van der Waals surface area contributed by atoms with E-state index in [1.807, 2.05) is 19.1 Å². The van der Waals surface area contributed by atoms with E-state index in [0.29, 0.717) is 13.2 Å². The lowest BCUT2D eigenvalue weighted by Crippen LogP contribution is -2.13. The summed E-state index contributed by atoms with van der Waals surface area (Å²) in [5.41, 5.74) is 2.80. The van der Waals surface area contributed by atoms with Crippen molar-refractivity contribution in [3.8, 4) is 0 Å². The van der Waals surface area contributed by atoms with Gasteiger partial charge in [0.25, 0.3) is 0 Å². The summed E-state index contributed by atoms with van der Waals surface area (Å²) in [7, 11) is 0. The summed E-state index contributed by atoms with van der Waals surface area (Å²) >= 11 is 0. The highest BCUT2D eigenvalue weighted by Gasteiger charge is 2.21. The molecule has 1 aromatic rings. The molecule has 1 heteroatoms. The van der Waals surface area contributed by atoms with Crippen molar-refractivity contribution in [1.29, 1.82) is 0 Å². The Labute approximate surface area is 142 Å². The van der Waals surface area contributed by atoms with Crippen LogP contribution >= 0.6 is 0 Å². The fourth-order valence-corrected chi connectivity index (χ4v) is 3.51. The normalized spacial score (nSPS) is 22.2. The summed E-state index contributed by atoms with van der Waals surface area (Å²) in [6.45, 7) is 5.55. The molecule has 1 aliphatic rings. The second-order valence-electron chi connectivity index (χ2n) is 6.69. The zero-order valence-corrected chi connectivity index (χ0v) is 14.8. The van der Waals surface area contributed by atoms with Crippen molar-refractivity contribution in [3.63, 3.8) is 0 Å². The highest BCUT2D eigenvalue weighted by atomic mass is 16.5. The minimum Gasteiger partial charge on any atom is -0.373 e. The highest BCUT2D eigenvalue weighted by molar-refractivity contribution is 5.25. The lowest BCUT2D eigenvalue weighted by Gasteiger charge is -2.28. The molecule has 2 rings (SSSR count). The van der Waals surface area contributed by atoms with Crippen molar-refractivity contribution >= 4 is 0 Å². The molecular formula is C22H32O. The predicted octanol–water partition coefficient (Wildman–Crippen LogP) is 6.41. The van der Waals surface area contributed by atoms with Crippen molar-refractivity contribution in [2.75, 3.05) is 6.61 Å². The molecule has 0 saturated heterocycles. The van der Waals surface area contributed by atoms with Gasteiger partial charge in [-0.15, -0.1) is 0 Å². The van der Waals surface area contributed by atoms with Crippen LogP contribution in [0.25, 0.3) is 0 Å². The Morgan fingerprint density at radius 2 is 1.65 bits per heavy atom. The maximum absolute atomic E-state index is 5.61. The standard InChI is InChI=1S/C22H32O/c1-3-5-7-8-19-9-13-21(14-10-19)22-15-11-20(12-16-22)18-23-17-6-4-2/h3-6,11-12,15-16,19,21H,7-10,13-14,17-18H2,1-2H3/b5-3+,6-4+/t19-,21-. The molecule has 1 aliphatic carbocycles. The van der Waals surface area contributed by atoms with E-state index in [2.05, 4.69) is 43.3 Å². The predicted molar refractivity (Wildman–Crippen MR) is 99.7 cm³/mol. The van der Waals surface area contributed by atoms with E-state index in [1.54, 1.807) is 0 Å². The van der Waals surface area contributed by atoms with Gasteiger partial charge in [0, 0.05) is 0 Å². The number of hydrogen-bond donors (Lipinski definition) is 0. The topological polar surface area (TPSA) is 9.23 Å². The Morgan fingerprint density at radius 1 is 0.957 bits per heavy atom. The first kappa shape index (κ1) is 18.0. The van der Waals surface area contributed by atoms with Gasteiger partial charge in [0.05, 0.1) is 13.2 Å². The van der Waals surface area contributed by atoms with E-state index in [1.165, 1.54) is 49.7 Å². The number of ether oxygens (including phenoxy) is 1. The van der Waals surface area contributed by atoms with Crippen LogP contribution < -0.4 is 0 Å². The van der Waals surface area contributed by atoms with Crippen LogP contribution in [-0.4, -0.2) is 6.61 Å². The third-order valence-electron chi connectivity index (χ3n) is 4.99. The molecule has 0 amide bonds. The Bertz CT molecular complexity index is 475. The average Bonchev–Trinajstić information content (AvgIpc) is 2.60. The molecule has 1 fully saturated rings. The zero-order chi connectivity index (χ0) is 16.3. The van der Waals surface area contributed by atoms with E-state index >= 15 is 0 Å². The van der Waals surface area contributed by atoms with E-state index in [-0.39, 0.29) is 0 Å². The second-order valence-corrected chi connectivity index (χ2v) is 6.69. The molecule has 0 bridgehead atoms. The van der Waals surface area contributed by atoms with Gasteiger partial charge in [-0.05, 0) is 75.3 Å². The molecule has 0 N–H and O–H groups in total. The van der Waals surface area contributed by atoms with Crippen LogP contribution in [0.2, 0.25) is 0 Å². The van der Waals surface area contributed by atoms with Crippen molar-refractivity contribution in [3.05, 3.63) is 59.7 Å². The van der Waals surface area contributed by atoms with Gasteiger partial charge in [-0.25, -0.2) is 0 Å². The number of benzene rings is 1. The van der Waals surface area contributed by atoms with Gasteiger partial charge < -0.3 is 4.74 Å². The second kappa shape index (κ2) is 10.4. The van der Waals surface area contributed by atoms with Crippen molar-refractivity contribution in [2.45, 2.75) is 64.9 Å². The first-order chi connectivity index (χ1) is 11.3. The van der Waals surface area contributed by atoms with Gasteiger partial charge in [0.1, 0.15) is 0 Å². The van der Waals surface area contributed by atoms with Gasteiger partial charge in [-0.2, -0.15) is 0 Å². The van der Waals surface area contributed by atoms with Crippen molar-refractivity contribution < 1.29 is 4.74 Å². The Balaban J connectivity index is 1.75. The van der Waals surface area contributed by atoms with Crippen LogP contribution in [0.3, 0.4) is 0 Å². The number of allylic oxidation sites excluding steroid dienone is 3. The molecule has 126 valence electrons. The molecule has 1 nitrogen and oxygen atoms in total. The summed E-state index contributed by atoms with van der Waals surface area (Å²) in [6, 6.07) is 9.12. The Morgan fingerprint density at radius 3 is 2.30 bits per heavy atom. The molecule has 0 heterocycles. The molecule has 0 aromatic heterocycles. The lowest BCUT2D eigenvalue weighted by atomic mass is 9.77. The van der Waals surface area contributed by atoms with Crippen LogP contribution in [-0.2, 0) is 11.3 Å². The van der Waals surface area contributed by atoms with Crippen LogP contribution in [0.4, 0.5) is 0 Å². The van der Waals surface area contributed by atoms with Crippen molar-refractivity contribution in [2.24, 2.45) is 5.92 Å². The van der Waals surface area contributed by atoms with E-state index in [4.69, 9.17) is 4.74 Å². The highest BCUT2D eigenvalue weighted by Crippen LogP contribution is 2.37. The van der Waals surface area contributed by atoms with Gasteiger partial charge in [0.15, 0.2) is 0 Å². The smallest absolute Gasteiger partial charge is 0.0721 e. The minimum atomic E-state index is 0.704. The fourth-order valence-electron chi connectivity index (χ4n) is 3.51. The van der Waals surface area contributed by atoms with Crippen LogP contribution in [0.1, 0.15) is 69.4 Å². The molecular weight excluding hydrogens is 280 g/mol. The molecule has 0 aliphatic heterocycles. The molecule has 0 atom stereocenters. The zero-order valence-electron chi connectivity index (χ0n) is 14.8. The summed E-state index contributed by atoms with van der Waals surface area (Å²) in [5, 5.41) is 0. The maximum Gasteiger partial charge on any atom is 0.0721 e.